The molecule has 0 radical (unpaired) electrons. The molecular formula is C21H36O. The van der Waals surface area contributed by atoms with Crippen LogP contribution in [-0.2, 0) is 0 Å². The smallest absolute Gasteiger partial charge is 0.0684 e. The van der Waals surface area contributed by atoms with Gasteiger partial charge in [-0.3, -0.25) is 0 Å². The van der Waals surface area contributed by atoms with Gasteiger partial charge in [-0.15, -0.1) is 0 Å². The second-order valence-corrected chi connectivity index (χ2v) is 9.66. The second-order valence-electron chi connectivity index (χ2n) is 9.66. The van der Waals surface area contributed by atoms with E-state index >= 15 is 0 Å². The highest BCUT2D eigenvalue weighted by molar-refractivity contribution is 5.37. The van der Waals surface area contributed by atoms with Crippen molar-refractivity contribution in [3.8, 4) is 0 Å². The fourth-order valence-electron chi connectivity index (χ4n) is 8.66. The summed E-state index contributed by atoms with van der Waals surface area (Å²) in [5.41, 5.74) is 2.18. The summed E-state index contributed by atoms with van der Waals surface area (Å²) in [6.45, 7) is 13.6. The predicted molar refractivity (Wildman–Crippen MR) is 93.6 cm³/mol. The molecule has 22 heavy (non-hydrogen) atoms. The lowest BCUT2D eigenvalue weighted by Crippen LogP contribution is -2.39. The fraction of sp³-hybridized carbons (Fsp3) is 0.905. The Morgan fingerprint density at radius 3 is 2.50 bits per heavy atom. The van der Waals surface area contributed by atoms with Crippen LogP contribution in [-0.4, -0.2) is 10.7 Å². The van der Waals surface area contributed by atoms with Gasteiger partial charge in [0, 0.05) is 6.84 Å². The van der Waals surface area contributed by atoms with Gasteiger partial charge in [0.15, 0.2) is 0 Å². The molecule has 0 aliphatic heterocycles. The van der Waals surface area contributed by atoms with Crippen LogP contribution in [0, 0.1) is 34.0 Å². The van der Waals surface area contributed by atoms with Crippen molar-refractivity contribution in [1.82, 2.24) is 0 Å². The molecule has 4 fully saturated rings. The van der Waals surface area contributed by atoms with Crippen molar-refractivity contribution >= 4 is 0 Å². The summed E-state index contributed by atoms with van der Waals surface area (Å²) < 4.78 is 0. The Hall–Kier alpha value is -0.300. The van der Waals surface area contributed by atoms with Crippen molar-refractivity contribution in [3.63, 3.8) is 0 Å². The SMILES string of the molecule is C=C(C)C1CCC2C1(C)CCC1C23CCC(C)(O)C13CCC.[HH]. The first kappa shape index (κ1) is 15.2. The van der Waals surface area contributed by atoms with E-state index in [1.807, 2.05) is 0 Å². The molecule has 0 saturated heterocycles. The molecule has 4 aliphatic rings. The molecule has 4 aliphatic carbocycles. The highest BCUT2D eigenvalue weighted by Crippen LogP contribution is 2.91. The summed E-state index contributed by atoms with van der Waals surface area (Å²) in [6, 6.07) is 0. The van der Waals surface area contributed by atoms with Crippen LogP contribution in [0.1, 0.15) is 80.5 Å². The maximum atomic E-state index is 11.3. The first-order chi connectivity index (χ1) is 10.3. The van der Waals surface area contributed by atoms with Gasteiger partial charge in [-0.1, -0.05) is 32.4 Å². The Labute approximate surface area is 138 Å². The van der Waals surface area contributed by atoms with Gasteiger partial charge >= 0.3 is 0 Å². The highest BCUT2D eigenvalue weighted by Gasteiger charge is 2.88. The lowest BCUT2D eigenvalue weighted by atomic mass is 9.59. The lowest BCUT2D eigenvalue weighted by molar-refractivity contribution is -0.0239. The molecule has 0 aromatic carbocycles. The van der Waals surface area contributed by atoms with Crippen LogP contribution >= 0.6 is 0 Å². The van der Waals surface area contributed by atoms with Crippen molar-refractivity contribution in [3.05, 3.63) is 12.2 Å². The van der Waals surface area contributed by atoms with Gasteiger partial charge < -0.3 is 5.11 Å². The van der Waals surface area contributed by atoms with E-state index in [0.717, 1.165) is 24.2 Å². The van der Waals surface area contributed by atoms with Crippen LogP contribution < -0.4 is 0 Å². The Balaban J connectivity index is 0.00000156. The predicted octanol–water partition coefficient (Wildman–Crippen LogP) is 5.58. The van der Waals surface area contributed by atoms with Crippen molar-refractivity contribution in [2.45, 2.75) is 84.7 Å². The molecule has 0 amide bonds. The molecule has 0 bridgehead atoms. The molecular weight excluding hydrogens is 268 g/mol. The monoisotopic (exact) mass is 304 g/mol. The van der Waals surface area contributed by atoms with Crippen LogP contribution in [0.2, 0.25) is 0 Å². The van der Waals surface area contributed by atoms with Gasteiger partial charge in [0.2, 0.25) is 0 Å². The Bertz CT molecular complexity index is 526. The third-order valence-electron chi connectivity index (χ3n) is 9.12. The van der Waals surface area contributed by atoms with E-state index in [-0.39, 0.29) is 6.84 Å². The standard InChI is InChI=1S/C21H34O.H2/c1-6-10-21-17-9-11-18(4)15(14(2)3)7-8-16(18)20(17,21)13-12-19(21,5)22;/h15-17,22H,2,6-13H2,1,3-5H3;1H. The number of fused-ring (bicyclic) bond motifs is 2. The number of allylic oxidation sites excluding steroid dienone is 1. The molecule has 1 nitrogen and oxygen atoms in total. The van der Waals surface area contributed by atoms with Gasteiger partial charge in [-0.25, -0.2) is 0 Å². The summed E-state index contributed by atoms with van der Waals surface area (Å²) in [4.78, 5) is 0. The van der Waals surface area contributed by atoms with Gasteiger partial charge in [0.1, 0.15) is 0 Å². The maximum Gasteiger partial charge on any atom is 0.0684 e. The second kappa shape index (κ2) is 4.21. The van der Waals surface area contributed by atoms with Gasteiger partial charge in [-0.05, 0) is 87.4 Å². The summed E-state index contributed by atoms with van der Waals surface area (Å²) >= 11 is 0. The zero-order chi connectivity index (χ0) is 16.0. The molecule has 7 unspecified atom stereocenters. The summed E-state index contributed by atoms with van der Waals surface area (Å²) in [5, 5.41) is 11.3. The molecule has 1 spiro atoms. The Morgan fingerprint density at radius 2 is 1.86 bits per heavy atom. The average Bonchev–Trinajstić information content (AvgIpc) is 2.71. The summed E-state index contributed by atoms with van der Waals surface area (Å²) in [5.74, 6) is 2.37. The minimum Gasteiger partial charge on any atom is -0.390 e. The van der Waals surface area contributed by atoms with Crippen molar-refractivity contribution in [1.29, 1.82) is 0 Å². The van der Waals surface area contributed by atoms with Crippen LogP contribution in [0.4, 0.5) is 0 Å². The van der Waals surface area contributed by atoms with Gasteiger partial charge in [0.25, 0.3) is 0 Å². The van der Waals surface area contributed by atoms with E-state index in [9.17, 15) is 5.11 Å². The fourth-order valence-corrected chi connectivity index (χ4v) is 8.66. The van der Waals surface area contributed by atoms with Crippen molar-refractivity contribution < 1.29 is 6.53 Å². The van der Waals surface area contributed by atoms with E-state index in [4.69, 9.17) is 0 Å². The van der Waals surface area contributed by atoms with Crippen LogP contribution in [0.5, 0.6) is 0 Å². The normalized spacial score (nSPS) is 58.9. The molecule has 4 rings (SSSR count). The number of aliphatic hydroxyl groups is 1. The number of hydrogen-bond donors (Lipinski definition) is 1. The summed E-state index contributed by atoms with van der Waals surface area (Å²) in [7, 11) is 0. The van der Waals surface area contributed by atoms with E-state index in [1.54, 1.807) is 0 Å². The molecule has 1 heteroatoms. The number of rotatable bonds is 3. The Morgan fingerprint density at radius 1 is 1.14 bits per heavy atom. The van der Waals surface area contributed by atoms with Crippen molar-refractivity contribution in [2.24, 2.45) is 34.0 Å². The van der Waals surface area contributed by atoms with E-state index in [0.29, 0.717) is 10.8 Å². The third kappa shape index (κ3) is 1.34. The zero-order valence-electron chi connectivity index (χ0n) is 15.0. The molecule has 7 atom stereocenters. The molecule has 0 aromatic rings. The Kier molecular flexibility index (Phi) is 2.91. The third-order valence-corrected chi connectivity index (χ3v) is 9.12. The van der Waals surface area contributed by atoms with Crippen LogP contribution in [0.15, 0.2) is 12.2 Å². The molecule has 126 valence electrons. The van der Waals surface area contributed by atoms with Gasteiger partial charge in [0.05, 0.1) is 5.60 Å². The van der Waals surface area contributed by atoms with Gasteiger partial charge in [-0.2, -0.15) is 0 Å². The molecule has 0 aromatic heterocycles. The first-order valence-electron chi connectivity index (χ1n) is 9.66. The quantitative estimate of drug-likeness (QED) is 0.675. The molecule has 1 N–H and O–H groups in total. The largest absolute Gasteiger partial charge is 0.390 e. The van der Waals surface area contributed by atoms with E-state index in [2.05, 4.69) is 34.3 Å². The van der Waals surface area contributed by atoms with E-state index < -0.39 is 5.60 Å². The minimum absolute atomic E-state index is 0. The average molecular weight is 305 g/mol. The highest BCUT2D eigenvalue weighted by atomic mass is 16.3. The minimum atomic E-state index is -0.416. The lowest BCUT2D eigenvalue weighted by Gasteiger charge is -2.45. The summed E-state index contributed by atoms with van der Waals surface area (Å²) in [6.07, 6.45) is 10.2. The molecule has 4 saturated carbocycles. The maximum absolute atomic E-state index is 11.3. The number of hydrogen-bond acceptors (Lipinski definition) is 1. The molecule has 0 heterocycles. The van der Waals surface area contributed by atoms with E-state index in [1.165, 1.54) is 50.5 Å². The van der Waals surface area contributed by atoms with Crippen LogP contribution in [0.25, 0.3) is 0 Å². The first-order valence-corrected chi connectivity index (χ1v) is 9.66. The zero-order valence-corrected chi connectivity index (χ0v) is 15.0. The topological polar surface area (TPSA) is 20.2 Å². The van der Waals surface area contributed by atoms with Crippen LogP contribution in [0.3, 0.4) is 0 Å². The van der Waals surface area contributed by atoms with Crippen molar-refractivity contribution in [2.75, 3.05) is 0 Å².